The van der Waals surface area contributed by atoms with Crippen LogP contribution in [0.5, 0.6) is 5.75 Å². The van der Waals surface area contributed by atoms with Crippen LogP contribution in [0.2, 0.25) is 5.02 Å². The summed E-state index contributed by atoms with van der Waals surface area (Å²) in [4.78, 5) is 14.9. The van der Waals surface area contributed by atoms with E-state index in [4.69, 9.17) is 16.3 Å². The summed E-state index contributed by atoms with van der Waals surface area (Å²) in [7, 11) is 1.64. The average molecular weight is 471 g/mol. The maximum Gasteiger partial charge on any atom is 0.233 e. The molecule has 0 unspecified atom stereocenters. The molecule has 1 aliphatic rings. The molecule has 168 valence electrons. The first kappa shape index (κ1) is 22.7. The van der Waals surface area contributed by atoms with Crippen molar-refractivity contribution >= 4 is 29.3 Å². The summed E-state index contributed by atoms with van der Waals surface area (Å²) in [6.45, 7) is 3.77. The van der Waals surface area contributed by atoms with Crippen molar-refractivity contribution in [1.29, 1.82) is 0 Å². The number of carbonyl (C=O) groups excluding carboxylic acids is 1. The molecule has 8 heteroatoms. The third-order valence-corrected chi connectivity index (χ3v) is 6.58. The Bertz CT molecular complexity index is 1070. The van der Waals surface area contributed by atoms with Crippen molar-refractivity contribution in [3.8, 4) is 22.8 Å². The molecule has 4 rings (SSSR count). The fourth-order valence-corrected chi connectivity index (χ4v) is 4.59. The zero-order valence-corrected chi connectivity index (χ0v) is 19.9. The summed E-state index contributed by atoms with van der Waals surface area (Å²) in [5.41, 5.74) is 1.70. The summed E-state index contributed by atoms with van der Waals surface area (Å²) in [6, 6.07) is 15.2. The smallest absolute Gasteiger partial charge is 0.233 e. The molecule has 1 heterocycles. The molecule has 0 bridgehead atoms. The minimum atomic E-state index is 0.147. The second-order valence-corrected chi connectivity index (χ2v) is 9.27. The highest BCUT2D eigenvalue weighted by molar-refractivity contribution is 7.99. The van der Waals surface area contributed by atoms with Crippen LogP contribution in [0.25, 0.3) is 17.1 Å². The van der Waals surface area contributed by atoms with Gasteiger partial charge in [0.05, 0.1) is 18.4 Å². The van der Waals surface area contributed by atoms with Gasteiger partial charge in [0, 0.05) is 23.8 Å². The number of nitrogens with zero attached hydrogens (tertiary/aromatic N) is 4. The summed E-state index contributed by atoms with van der Waals surface area (Å²) < 4.78 is 7.50. The van der Waals surface area contributed by atoms with Gasteiger partial charge < -0.3 is 9.64 Å². The Balaban J connectivity index is 1.64. The molecule has 0 aliphatic heterocycles. The van der Waals surface area contributed by atoms with E-state index in [-0.39, 0.29) is 5.91 Å². The molecule has 1 aromatic heterocycles. The summed E-state index contributed by atoms with van der Waals surface area (Å²) in [5.74, 6) is 2.51. The van der Waals surface area contributed by atoms with E-state index >= 15 is 0 Å². The molecule has 1 amide bonds. The number of amides is 1. The maximum atomic E-state index is 12.9. The fourth-order valence-electron chi connectivity index (χ4n) is 3.61. The van der Waals surface area contributed by atoms with Crippen LogP contribution in [0.15, 0.2) is 53.7 Å². The Kier molecular flexibility index (Phi) is 7.37. The van der Waals surface area contributed by atoms with Crippen LogP contribution in [0.4, 0.5) is 0 Å². The number of ether oxygens (including phenoxy) is 1. The molecule has 2 aromatic carbocycles. The van der Waals surface area contributed by atoms with Crippen molar-refractivity contribution < 1.29 is 9.53 Å². The van der Waals surface area contributed by atoms with Crippen LogP contribution < -0.4 is 4.74 Å². The van der Waals surface area contributed by atoms with E-state index in [1.165, 1.54) is 24.6 Å². The van der Waals surface area contributed by atoms with E-state index in [1.54, 1.807) is 7.11 Å². The lowest BCUT2D eigenvalue weighted by Gasteiger charge is -2.21. The van der Waals surface area contributed by atoms with Gasteiger partial charge in [-0.15, -0.1) is 10.2 Å². The van der Waals surface area contributed by atoms with Crippen LogP contribution in [-0.2, 0) is 4.79 Å². The Labute approximate surface area is 197 Å². The molecular formula is C24H27ClN4O2S. The summed E-state index contributed by atoms with van der Waals surface area (Å²) in [6.07, 6.45) is 3.42. The van der Waals surface area contributed by atoms with Crippen molar-refractivity contribution in [3.63, 3.8) is 0 Å². The highest BCUT2D eigenvalue weighted by Gasteiger charge is 2.27. The zero-order chi connectivity index (χ0) is 22.5. The molecule has 6 nitrogen and oxygen atoms in total. The molecule has 0 spiro atoms. The van der Waals surface area contributed by atoms with E-state index in [2.05, 4.69) is 17.1 Å². The van der Waals surface area contributed by atoms with Crippen molar-refractivity contribution in [2.45, 2.75) is 31.3 Å². The number of hydrogen-bond acceptors (Lipinski definition) is 5. The topological polar surface area (TPSA) is 60.3 Å². The molecule has 1 saturated carbocycles. The van der Waals surface area contributed by atoms with Crippen LogP contribution in [0, 0.1) is 5.92 Å². The van der Waals surface area contributed by atoms with Crippen LogP contribution >= 0.6 is 23.4 Å². The summed E-state index contributed by atoms with van der Waals surface area (Å²) >= 11 is 7.52. The van der Waals surface area contributed by atoms with Crippen molar-refractivity contribution in [3.05, 3.63) is 53.6 Å². The van der Waals surface area contributed by atoms with Gasteiger partial charge >= 0.3 is 0 Å². The third-order valence-electron chi connectivity index (χ3n) is 5.41. The number of rotatable bonds is 10. The predicted molar refractivity (Wildman–Crippen MR) is 129 cm³/mol. The Hall–Kier alpha value is -2.51. The Morgan fingerprint density at radius 1 is 1.19 bits per heavy atom. The highest BCUT2D eigenvalue weighted by atomic mass is 35.5. The van der Waals surface area contributed by atoms with Gasteiger partial charge in [0.2, 0.25) is 5.91 Å². The van der Waals surface area contributed by atoms with Gasteiger partial charge in [0.1, 0.15) is 5.75 Å². The Morgan fingerprint density at radius 2 is 1.94 bits per heavy atom. The number of thioether (sulfide) groups is 1. The number of benzene rings is 2. The second-order valence-electron chi connectivity index (χ2n) is 7.89. The van der Waals surface area contributed by atoms with Gasteiger partial charge in [-0.05, 0) is 61.6 Å². The SMILES string of the molecule is CCCN(CC1CC1)C(=O)CSc1nnc(-c2ccccc2OC)n1-c1ccc(Cl)cc1. The van der Waals surface area contributed by atoms with E-state index in [1.807, 2.05) is 58.0 Å². The predicted octanol–water partition coefficient (Wildman–Crippen LogP) is 5.34. The Morgan fingerprint density at radius 3 is 2.62 bits per heavy atom. The number of methoxy groups -OCH3 is 1. The van der Waals surface area contributed by atoms with Crippen molar-refractivity contribution in [2.75, 3.05) is 26.0 Å². The molecule has 1 fully saturated rings. The van der Waals surface area contributed by atoms with Crippen LogP contribution in [0.1, 0.15) is 26.2 Å². The zero-order valence-electron chi connectivity index (χ0n) is 18.3. The van der Waals surface area contributed by atoms with E-state index in [0.29, 0.717) is 33.4 Å². The van der Waals surface area contributed by atoms with Gasteiger partial charge in [-0.25, -0.2) is 0 Å². The standard InChI is InChI=1S/C24H27ClN4O2S/c1-3-14-28(15-17-8-9-17)22(30)16-32-24-27-26-23(20-6-4-5-7-21(20)31-2)29(24)19-12-10-18(25)11-13-19/h4-7,10-13,17H,3,8-9,14-16H2,1-2H3. The monoisotopic (exact) mass is 470 g/mol. The van der Waals surface area contributed by atoms with Crippen LogP contribution in [0.3, 0.4) is 0 Å². The molecule has 0 N–H and O–H groups in total. The molecule has 32 heavy (non-hydrogen) atoms. The first-order valence-electron chi connectivity index (χ1n) is 10.9. The fraction of sp³-hybridized carbons (Fsp3) is 0.375. The highest BCUT2D eigenvalue weighted by Crippen LogP contribution is 2.34. The number of hydrogen-bond donors (Lipinski definition) is 0. The van der Waals surface area contributed by atoms with Gasteiger partial charge in [-0.1, -0.05) is 42.4 Å². The normalized spacial score (nSPS) is 13.2. The molecule has 3 aromatic rings. The first-order valence-corrected chi connectivity index (χ1v) is 12.2. The maximum absolute atomic E-state index is 12.9. The molecule has 0 saturated heterocycles. The second kappa shape index (κ2) is 10.4. The van der Waals surface area contributed by atoms with Gasteiger partial charge in [-0.2, -0.15) is 0 Å². The van der Waals surface area contributed by atoms with E-state index in [9.17, 15) is 4.79 Å². The quantitative estimate of drug-likeness (QED) is 0.374. The summed E-state index contributed by atoms with van der Waals surface area (Å²) in [5, 5.41) is 10.2. The van der Waals surface area contributed by atoms with Crippen molar-refractivity contribution in [2.24, 2.45) is 5.92 Å². The van der Waals surface area contributed by atoms with Gasteiger partial charge in [-0.3, -0.25) is 9.36 Å². The van der Waals surface area contributed by atoms with E-state index < -0.39 is 0 Å². The lowest BCUT2D eigenvalue weighted by atomic mass is 10.2. The van der Waals surface area contributed by atoms with E-state index in [0.717, 1.165) is 30.8 Å². The number of carbonyl (C=O) groups is 1. The van der Waals surface area contributed by atoms with Gasteiger partial charge in [0.25, 0.3) is 0 Å². The minimum absolute atomic E-state index is 0.147. The average Bonchev–Trinajstić information content (AvgIpc) is 3.54. The number of halogens is 1. The number of para-hydroxylation sites is 1. The lowest BCUT2D eigenvalue weighted by Crippen LogP contribution is -2.35. The largest absolute Gasteiger partial charge is 0.496 e. The first-order chi connectivity index (χ1) is 15.6. The minimum Gasteiger partial charge on any atom is -0.496 e. The van der Waals surface area contributed by atoms with Gasteiger partial charge in [0.15, 0.2) is 11.0 Å². The number of aromatic nitrogens is 3. The molecular weight excluding hydrogens is 444 g/mol. The third kappa shape index (κ3) is 5.27. The molecule has 0 radical (unpaired) electrons. The van der Waals surface area contributed by atoms with Crippen LogP contribution in [-0.4, -0.2) is 51.5 Å². The lowest BCUT2D eigenvalue weighted by molar-refractivity contribution is -0.128. The molecule has 1 aliphatic carbocycles. The van der Waals surface area contributed by atoms with Crippen molar-refractivity contribution in [1.82, 2.24) is 19.7 Å². The molecule has 0 atom stereocenters.